The first-order chi connectivity index (χ1) is 11.6. The minimum Gasteiger partial charge on any atom is -0.497 e. The number of aromatic nitrogens is 3. The van der Waals surface area contributed by atoms with Crippen molar-refractivity contribution in [1.29, 1.82) is 0 Å². The quantitative estimate of drug-likeness (QED) is 0.774. The summed E-state index contributed by atoms with van der Waals surface area (Å²) in [7, 11) is 3.40. The van der Waals surface area contributed by atoms with Crippen LogP contribution in [0, 0.1) is 6.92 Å². The molecule has 6 nitrogen and oxygen atoms in total. The number of nitrogens with one attached hydrogen (secondary N) is 1. The van der Waals surface area contributed by atoms with Crippen molar-refractivity contribution in [2.45, 2.75) is 13.5 Å². The molecule has 0 saturated carbocycles. The zero-order valence-corrected chi connectivity index (χ0v) is 14.6. The average molecular weight is 342 g/mol. The Morgan fingerprint density at radius 2 is 2.08 bits per heavy atom. The van der Waals surface area contributed by atoms with Crippen LogP contribution in [0.25, 0.3) is 10.6 Å². The summed E-state index contributed by atoms with van der Waals surface area (Å²) >= 11 is 1.55. The number of carbonyl (C=O) groups excluding carboxylic acids is 1. The van der Waals surface area contributed by atoms with Crippen LogP contribution in [-0.2, 0) is 13.6 Å². The molecule has 0 aliphatic carbocycles. The van der Waals surface area contributed by atoms with E-state index in [0.29, 0.717) is 12.2 Å². The van der Waals surface area contributed by atoms with Crippen LogP contribution in [-0.4, -0.2) is 27.8 Å². The van der Waals surface area contributed by atoms with Crippen molar-refractivity contribution in [3.05, 3.63) is 52.8 Å². The lowest BCUT2D eigenvalue weighted by Crippen LogP contribution is -2.25. The summed E-state index contributed by atoms with van der Waals surface area (Å²) in [5.41, 5.74) is 3.22. The third kappa shape index (κ3) is 3.46. The molecule has 0 spiro atoms. The van der Waals surface area contributed by atoms with Gasteiger partial charge in [0, 0.05) is 18.0 Å². The molecule has 0 saturated heterocycles. The third-order valence-corrected chi connectivity index (χ3v) is 4.49. The van der Waals surface area contributed by atoms with Crippen LogP contribution < -0.4 is 10.1 Å². The molecule has 0 aliphatic heterocycles. The summed E-state index contributed by atoms with van der Waals surface area (Å²) in [5.74, 6) is 0.659. The number of rotatable bonds is 5. The van der Waals surface area contributed by atoms with E-state index in [4.69, 9.17) is 4.74 Å². The normalized spacial score (nSPS) is 10.6. The van der Waals surface area contributed by atoms with Gasteiger partial charge in [0.05, 0.1) is 25.0 Å². The van der Waals surface area contributed by atoms with Gasteiger partial charge in [0.15, 0.2) is 0 Å². The number of thiazole rings is 1. The molecular weight excluding hydrogens is 324 g/mol. The zero-order chi connectivity index (χ0) is 17.1. The van der Waals surface area contributed by atoms with Gasteiger partial charge in [0.1, 0.15) is 16.5 Å². The topological polar surface area (TPSA) is 69.0 Å². The van der Waals surface area contributed by atoms with E-state index in [1.807, 2.05) is 36.6 Å². The van der Waals surface area contributed by atoms with E-state index >= 15 is 0 Å². The first-order valence-electron chi connectivity index (χ1n) is 7.44. The average Bonchev–Trinajstić information content (AvgIpc) is 3.19. The Labute approximate surface area is 144 Å². The maximum atomic E-state index is 12.2. The fourth-order valence-electron chi connectivity index (χ4n) is 2.34. The number of hydrogen-bond acceptors (Lipinski definition) is 5. The van der Waals surface area contributed by atoms with Crippen molar-refractivity contribution >= 4 is 17.2 Å². The van der Waals surface area contributed by atoms with Crippen LogP contribution >= 0.6 is 11.3 Å². The van der Waals surface area contributed by atoms with E-state index in [1.54, 1.807) is 36.2 Å². The third-order valence-electron chi connectivity index (χ3n) is 3.55. The van der Waals surface area contributed by atoms with Gasteiger partial charge >= 0.3 is 0 Å². The Kier molecular flexibility index (Phi) is 4.61. The van der Waals surface area contributed by atoms with E-state index in [9.17, 15) is 4.79 Å². The maximum Gasteiger partial charge on any atom is 0.269 e. The largest absolute Gasteiger partial charge is 0.497 e. The minimum atomic E-state index is -0.155. The second-order valence-electron chi connectivity index (χ2n) is 5.35. The molecule has 3 rings (SSSR count). The Hall–Kier alpha value is -2.67. The summed E-state index contributed by atoms with van der Waals surface area (Å²) < 4.78 is 6.73. The number of aryl methyl sites for hydroxylation is 2. The van der Waals surface area contributed by atoms with Gasteiger partial charge in [-0.25, -0.2) is 4.98 Å². The molecule has 0 bridgehead atoms. The smallest absolute Gasteiger partial charge is 0.269 e. The molecule has 1 N–H and O–H groups in total. The van der Waals surface area contributed by atoms with Crippen molar-refractivity contribution in [2.24, 2.45) is 7.05 Å². The second-order valence-corrected chi connectivity index (χ2v) is 6.21. The maximum absolute atomic E-state index is 12.2. The summed E-state index contributed by atoms with van der Waals surface area (Å²) in [6.07, 6.45) is 0. The number of amides is 1. The Morgan fingerprint density at radius 3 is 2.71 bits per heavy atom. The number of hydrogen-bond donors (Lipinski definition) is 1. The van der Waals surface area contributed by atoms with Gasteiger partial charge in [-0.15, -0.1) is 11.3 Å². The van der Waals surface area contributed by atoms with E-state index < -0.39 is 0 Å². The molecule has 1 aromatic carbocycles. The molecule has 0 unspecified atom stereocenters. The number of methoxy groups -OCH3 is 1. The van der Waals surface area contributed by atoms with Crippen LogP contribution in [0.15, 0.2) is 35.7 Å². The second kappa shape index (κ2) is 6.84. The van der Waals surface area contributed by atoms with Crippen molar-refractivity contribution in [3.63, 3.8) is 0 Å². The van der Waals surface area contributed by atoms with Crippen molar-refractivity contribution < 1.29 is 9.53 Å². The SMILES string of the molecule is COc1ccc(-c2nc(CNC(=O)c3cc(C)nn3C)cs2)cc1. The predicted molar refractivity (Wildman–Crippen MR) is 93.2 cm³/mol. The lowest BCUT2D eigenvalue weighted by Gasteiger charge is -2.03. The summed E-state index contributed by atoms with van der Waals surface area (Å²) in [4.78, 5) is 16.8. The van der Waals surface area contributed by atoms with Gasteiger partial charge in [-0.3, -0.25) is 9.48 Å². The van der Waals surface area contributed by atoms with Gasteiger partial charge in [-0.05, 0) is 37.3 Å². The van der Waals surface area contributed by atoms with E-state index in [-0.39, 0.29) is 5.91 Å². The van der Waals surface area contributed by atoms with Crippen molar-refractivity contribution in [3.8, 4) is 16.3 Å². The highest BCUT2D eigenvalue weighted by Gasteiger charge is 2.12. The molecule has 124 valence electrons. The standard InChI is InChI=1S/C17H18N4O2S/c1-11-8-15(21(2)20-11)16(22)18-9-13-10-24-17(19-13)12-4-6-14(23-3)7-5-12/h4-8,10H,9H2,1-3H3,(H,18,22). The molecule has 0 atom stereocenters. The van der Waals surface area contributed by atoms with E-state index in [2.05, 4.69) is 15.4 Å². The van der Waals surface area contributed by atoms with Gasteiger partial charge in [-0.1, -0.05) is 0 Å². The van der Waals surface area contributed by atoms with E-state index in [0.717, 1.165) is 27.7 Å². The van der Waals surface area contributed by atoms with Crippen molar-refractivity contribution in [1.82, 2.24) is 20.1 Å². The number of nitrogens with zero attached hydrogens (tertiary/aromatic N) is 3. The molecule has 0 fully saturated rings. The first-order valence-corrected chi connectivity index (χ1v) is 8.32. The summed E-state index contributed by atoms with van der Waals surface area (Å²) in [6.45, 7) is 2.24. The number of benzene rings is 1. The molecule has 3 aromatic rings. The summed E-state index contributed by atoms with van der Waals surface area (Å²) in [5, 5.41) is 9.92. The van der Waals surface area contributed by atoms with Crippen LogP contribution in [0.2, 0.25) is 0 Å². The molecule has 1 amide bonds. The van der Waals surface area contributed by atoms with Crippen LogP contribution in [0.4, 0.5) is 0 Å². The van der Waals surface area contributed by atoms with Crippen LogP contribution in [0.5, 0.6) is 5.75 Å². The Bertz CT molecular complexity index is 852. The van der Waals surface area contributed by atoms with Gasteiger partial charge in [-0.2, -0.15) is 5.10 Å². The first kappa shape index (κ1) is 16.2. The number of ether oxygens (including phenoxy) is 1. The van der Waals surface area contributed by atoms with E-state index in [1.165, 1.54) is 0 Å². The van der Waals surface area contributed by atoms with Gasteiger partial charge < -0.3 is 10.1 Å². The Morgan fingerprint density at radius 1 is 1.33 bits per heavy atom. The van der Waals surface area contributed by atoms with Gasteiger partial charge in [0.25, 0.3) is 5.91 Å². The highest BCUT2D eigenvalue weighted by atomic mass is 32.1. The predicted octanol–water partition coefficient (Wildman–Crippen LogP) is 2.79. The molecule has 0 aliphatic rings. The molecule has 2 aromatic heterocycles. The highest BCUT2D eigenvalue weighted by Crippen LogP contribution is 2.25. The van der Waals surface area contributed by atoms with Crippen LogP contribution in [0.3, 0.4) is 0 Å². The Balaban J connectivity index is 1.65. The molecule has 0 radical (unpaired) electrons. The van der Waals surface area contributed by atoms with Crippen LogP contribution in [0.1, 0.15) is 21.9 Å². The lowest BCUT2D eigenvalue weighted by molar-refractivity contribution is 0.0941. The lowest BCUT2D eigenvalue weighted by atomic mass is 10.2. The molecular formula is C17H18N4O2S. The molecule has 7 heteroatoms. The highest BCUT2D eigenvalue weighted by molar-refractivity contribution is 7.13. The van der Waals surface area contributed by atoms with Crippen molar-refractivity contribution in [2.75, 3.05) is 7.11 Å². The zero-order valence-electron chi connectivity index (χ0n) is 13.7. The fourth-order valence-corrected chi connectivity index (χ4v) is 3.16. The number of carbonyl (C=O) groups is 1. The summed E-state index contributed by atoms with van der Waals surface area (Å²) in [6, 6.07) is 9.52. The monoisotopic (exact) mass is 342 g/mol. The van der Waals surface area contributed by atoms with Gasteiger partial charge in [0.2, 0.25) is 0 Å². The molecule has 2 heterocycles. The minimum absolute atomic E-state index is 0.155. The fraction of sp³-hybridized carbons (Fsp3) is 0.235. The molecule has 24 heavy (non-hydrogen) atoms.